The van der Waals surface area contributed by atoms with Crippen molar-refractivity contribution in [1.82, 2.24) is 4.90 Å². The van der Waals surface area contributed by atoms with Gasteiger partial charge in [0.2, 0.25) is 0 Å². The highest BCUT2D eigenvalue weighted by molar-refractivity contribution is 9.11. The van der Waals surface area contributed by atoms with Crippen molar-refractivity contribution < 1.29 is 0 Å². The number of nitrogens with zero attached hydrogens (tertiary/aromatic N) is 2. The zero-order valence-corrected chi connectivity index (χ0v) is 10.3. The Labute approximate surface area is 89.4 Å². The first kappa shape index (κ1) is 12.5. The molecule has 13 heavy (non-hydrogen) atoms. The Balaban J connectivity index is 4.87. The summed E-state index contributed by atoms with van der Waals surface area (Å²) in [5, 5.41) is 9.00. The van der Waals surface area contributed by atoms with Crippen LogP contribution in [0.1, 0.15) is 27.7 Å². The Hall–Kier alpha value is -0.490. The maximum Gasteiger partial charge on any atom is 0.126 e. The molecule has 0 aliphatic heterocycles. The molecule has 0 heterocycles. The van der Waals surface area contributed by atoms with E-state index >= 15 is 0 Å². The van der Waals surface area contributed by atoms with Crippen LogP contribution in [0.4, 0.5) is 0 Å². The zero-order chi connectivity index (χ0) is 10.4. The van der Waals surface area contributed by atoms with Crippen LogP contribution < -0.4 is 0 Å². The molecule has 0 saturated carbocycles. The van der Waals surface area contributed by atoms with Gasteiger partial charge in [-0.15, -0.1) is 0 Å². The molecule has 0 radical (unpaired) electrons. The number of hydrogen-bond donors (Lipinski definition) is 0. The third kappa shape index (κ3) is 3.40. The van der Waals surface area contributed by atoms with Crippen molar-refractivity contribution in [3.63, 3.8) is 0 Å². The Morgan fingerprint density at radius 3 is 2.08 bits per heavy atom. The Bertz CT molecular complexity index is 222. The first-order valence-corrected chi connectivity index (χ1v) is 5.42. The van der Waals surface area contributed by atoms with Gasteiger partial charge in [-0.1, -0.05) is 29.8 Å². The van der Waals surface area contributed by atoms with Crippen LogP contribution in [0.2, 0.25) is 0 Å². The topological polar surface area (TPSA) is 27.0 Å². The molecule has 3 heteroatoms. The minimum absolute atomic E-state index is 0.371. The van der Waals surface area contributed by atoms with Crippen molar-refractivity contribution in [2.24, 2.45) is 5.92 Å². The molecular formula is C10H17BrN2. The van der Waals surface area contributed by atoms with Crippen LogP contribution in [-0.2, 0) is 0 Å². The van der Waals surface area contributed by atoms with Gasteiger partial charge < -0.3 is 4.90 Å². The van der Waals surface area contributed by atoms with Crippen molar-refractivity contribution in [2.45, 2.75) is 27.7 Å². The molecule has 0 bridgehead atoms. The summed E-state index contributed by atoms with van der Waals surface area (Å²) < 4.78 is 0.999. The Morgan fingerprint density at radius 2 is 1.85 bits per heavy atom. The number of allylic oxidation sites excluding steroid dienone is 2. The maximum atomic E-state index is 9.00. The highest BCUT2D eigenvalue weighted by Gasteiger charge is 2.12. The Morgan fingerprint density at radius 1 is 1.38 bits per heavy atom. The molecule has 0 amide bonds. The van der Waals surface area contributed by atoms with Gasteiger partial charge in [0.25, 0.3) is 0 Å². The Kier molecular flexibility index (Phi) is 5.81. The number of hydrogen-bond acceptors (Lipinski definition) is 2. The zero-order valence-electron chi connectivity index (χ0n) is 8.76. The van der Waals surface area contributed by atoms with Crippen molar-refractivity contribution in [3.05, 3.63) is 10.2 Å². The number of rotatable bonds is 4. The molecule has 0 aromatic carbocycles. The number of nitriles is 1. The SMILES string of the molecule is CCN(CC)/C(C#N)=C(/Br)C(C)C. The molecule has 0 aromatic heterocycles. The third-order valence-corrected chi connectivity index (χ3v) is 3.21. The quantitative estimate of drug-likeness (QED) is 0.711. The van der Waals surface area contributed by atoms with Crippen molar-refractivity contribution in [1.29, 1.82) is 5.26 Å². The van der Waals surface area contributed by atoms with Gasteiger partial charge in [-0.2, -0.15) is 5.26 Å². The number of halogens is 1. The fourth-order valence-electron chi connectivity index (χ4n) is 1.09. The molecule has 0 N–H and O–H groups in total. The minimum atomic E-state index is 0.371. The first-order chi connectivity index (χ1) is 6.08. The van der Waals surface area contributed by atoms with Gasteiger partial charge in [-0.25, -0.2) is 0 Å². The van der Waals surface area contributed by atoms with Gasteiger partial charge in [-0.05, 0) is 19.8 Å². The molecule has 0 saturated heterocycles. The summed E-state index contributed by atoms with van der Waals surface area (Å²) in [6.07, 6.45) is 0. The lowest BCUT2D eigenvalue weighted by molar-refractivity contribution is 0.392. The van der Waals surface area contributed by atoms with E-state index in [1.807, 2.05) is 0 Å². The fraction of sp³-hybridized carbons (Fsp3) is 0.700. The molecule has 0 atom stereocenters. The summed E-state index contributed by atoms with van der Waals surface area (Å²) in [6, 6.07) is 2.24. The second-order valence-electron chi connectivity index (χ2n) is 3.14. The molecule has 0 fully saturated rings. The van der Waals surface area contributed by atoms with Crippen LogP contribution >= 0.6 is 15.9 Å². The molecule has 0 aliphatic carbocycles. The van der Waals surface area contributed by atoms with E-state index in [0.29, 0.717) is 5.92 Å². The third-order valence-electron chi connectivity index (χ3n) is 1.92. The molecule has 0 unspecified atom stereocenters. The predicted molar refractivity (Wildman–Crippen MR) is 59.3 cm³/mol. The molecule has 74 valence electrons. The summed E-state index contributed by atoms with van der Waals surface area (Å²) in [5.74, 6) is 0.371. The minimum Gasteiger partial charge on any atom is -0.363 e. The van der Waals surface area contributed by atoms with Crippen LogP contribution in [-0.4, -0.2) is 18.0 Å². The summed E-state index contributed by atoms with van der Waals surface area (Å²) in [7, 11) is 0. The standard InChI is InChI=1S/C10H17BrN2/c1-5-13(6-2)9(7-12)10(11)8(3)4/h8H,5-6H2,1-4H3/b10-9+. The largest absolute Gasteiger partial charge is 0.363 e. The van der Waals surface area contributed by atoms with Crippen molar-refractivity contribution >= 4 is 15.9 Å². The highest BCUT2D eigenvalue weighted by atomic mass is 79.9. The van der Waals surface area contributed by atoms with Crippen molar-refractivity contribution in [2.75, 3.05) is 13.1 Å². The monoisotopic (exact) mass is 244 g/mol. The lowest BCUT2D eigenvalue weighted by atomic mass is 10.2. The van der Waals surface area contributed by atoms with E-state index in [9.17, 15) is 0 Å². The highest BCUT2D eigenvalue weighted by Crippen LogP contribution is 2.23. The first-order valence-electron chi connectivity index (χ1n) is 4.63. The molecule has 0 aliphatic rings. The van der Waals surface area contributed by atoms with E-state index in [-0.39, 0.29) is 0 Å². The lowest BCUT2D eigenvalue weighted by Gasteiger charge is -2.21. The second-order valence-corrected chi connectivity index (χ2v) is 3.99. The van der Waals surface area contributed by atoms with Gasteiger partial charge in [0, 0.05) is 17.6 Å². The van der Waals surface area contributed by atoms with E-state index < -0.39 is 0 Å². The van der Waals surface area contributed by atoms with E-state index in [2.05, 4.69) is 54.6 Å². The van der Waals surface area contributed by atoms with E-state index in [1.165, 1.54) is 0 Å². The maximum absolute atomic E-state index is 9.00. The van der Waals surface area contributed by atoms with Crippen LogP contribution in [0.5, 0.6) is 0 Å². The van der Waals surface area contributed by atoms with Crippen LogP contribution in [0, 0.1) is 17.2 Å². The van der Waals surface area contributed by atoms with E-state index in [1.54, 1.807) is 0 Å². The lowest BCUT2D eigenvalue weighted by Crippen LogP contribution is -2.22. The summed E-state index contributed by atoms with van der Waals surface area (Å²) in [6.45, 7) is 10.0. The van der Waals surface area contributed by atoms with E-state index in [0.717, 1.165) is 23.3 Å². The summed E-state index contributed by atoms with van der Waals surface area (Å²) in [5.41, 5.74) is 0.764. The normalized spacial score (nSPS) is 12.4. The van der Waals surface area contributed by atoms with Gasteiger partial charge in [0.1, 0.15) is 11.8 Å². The predicted octanol–water partition coefficient (Wildman–Crippen LogP) is 3.11. The average molecular weight is 245 g/mol. The summed E-state index contributed by atoms with van der Waals surface area (Å²) >= 11 is 3.47. The summed E-state index contributed by atoms with van der Waals surface area (Å²) in [4.78, 5) is 2.06. The molecule has 0 rings (SSSR count). The smallest absolute Gasteiger partial charge is 0.126 e. The van der Waals surface area contributed by atoms with Gasteiger partial charge >= 0.3 is 0 Å². The van der Waals surface area contributed by atoms with E-state index in [4.69, 9.17) is 5.26 Å². The molecular weight excluding hydrogens is 228 g/mol. The van der Waals surface area contributed by atoms with Crippen LogP contribution in [0.25, 0.3) is 0 Å². The van der Waals surface area contributed by atoms with Gasteiger partial charge in [-0.3, -0.25) is 0 Å². The van der Waals surface area contributed by atoms with Crippen molar-refractivity contribution in [3.8, 4) is 6.07 Å². The van der Waals surface area contributed by atoms with Gasteiger partial charge in [0.05, 0.1) is 0 Å². The fourth-order valence-corrected chi connectivity index (χ4v) is 1.43. The molecule has 2 nitrogen and oxygen atoms in total. The average Bonchev–Trinajstić information content (AvgIpc) is 2.12. The van der Waals surface area contributed by atoms with Crippen LogP contribution in [0.15, 0.2) is 10.2 Å². The molecule has 0 aromatic rings. The van der Waals surface area contributed by atoms with Gasteiger partial charge in [0.15, 0.2) is 0 Å². The molecule has 0 spiro atoms. The second kappa shape index (κ2) is 6.04. The van der Waals surface area contributed by atoms with Crippen LogP contribution in [0.3, 0.4) is 0 Å².